The first-order chi connectivity index (χ1) is 15.3. The molecule has 4 rings (SSSR count). The minimum absolute atomic E-state index is 0.0131. The van der Waals surface area contributed by atoms with Gasteiger partial charge in [0.15, 0.2) is 0 Å². The molecule has 0 atom stereocenters. The van der Waals surface area contributed by atoms with Crippen LogP contribution in [0.1, 0.15) is 80.4 Å². The van der Waals surface area contributed by atoms with E-state index in [0.717, 1.165) is 43.0 Å². The molecular weight excluding hydrogens is 396 g/mol. The van der Waals surface area contributed by atoms with E-state index in [1.165, 1.54) is 11.1 Å². The Hall–Kier alpha value is -2.88. The predicted octanol–water partition coefficient (Wildman–Crippen LogP) is 5.97. The van der Waals surface area contributed by atoms with Gasteiger partial charge in [-0.25, -0.2) is 0 Å². The van der Waals surface area contributed by atoms with Gasteiger partial charge in [-0.3, -0.25) is 9.59 Å². The molecule has 1 N–H and O–H groups in total. The van der Waals surface area contributed by atoms with Crippen molar-refractivity contribution in [1.29, 1.82) is 0 Å². The monoisotopic (exact) mass is 430 g/mol. The van der Waals surface area contributed by atoms with Gasteiger partial charge in [-0.1, -0.05) is 58.7 Å². The SMILES string of the molecule is CCc1ccc2[nH]c(=O)c(CN(C(=O)c3ccc(C(C)(C)C)cc3)C3CCCC3)cc2c1. The van der Waals surface area contributed by atoms with Crippen LogP contribution in [-0.4, -0.2) is 21.8 Å². The van der Waals surface area contributed by atoms with Crippen LogP contribution in [0.25, 0.3) is 10.9 Å². The van der Waals surface area contributed by atoms with Crippen LogP contribution in [0.15, 0.2) is 53.3 Å². The van der Waals surface area contributed by atoms with Crippen molar-refractivity contribution in [2.75, 3.05) is 0 Å². The number of amides is 1. The molecule has 2 aromatic carbocycles. The van der Waals surface area contributed by atoms with Gasteiger partial charge in [0.25, 0.3) is 11.5 Å². The molecule has 0 aliphatic heterocycles. The number of H-pyrrole nitrogens is 1. The van der Waals surface area contributed by atoms with Crippen LogP contribution in [-0.2, 0) is 18.4 Å². The van der Waals surface area contributed by atoms with Crippen molar-refractivity contribution in [2.45, 2.75) is 77.8 Å². The number of carbonyl (C=O) groups is 1. The Labute approximate surface area is 190 Å². The zero-order valence-electron chi connectivity index (χ0n) is 19.7. The van der Waals surface area contributed by atoms with Crippen molar-refractivity contribution in [3.8, 4) is 0 Å². The Morgan fingerprint density at radius 3 is 2.34 bits per heavy atom. The van der Waals surface area contributed by atoms with Crippen molar-refractivity contribution in [1.82, 2.24) is 9.88 Å². The molecule has 0 unspecified atom stereocenters. The average molecular weight is 431 g/mol. The molecule has 1 saturated carbocycles. The lowest BCUT2D eigenvalue weighted by Gasteiger charge is -2.29. The third kappa shape index (κ3) is 4.64. The molecule has 0 bridgehead atoms. The minimum atomic E-state index is -0.111. The molecule has 0 saturated heterocycles. The summed E-state index contributed by atoms with van der Waals surface area (Å²) in [5.41, 5.74) is 4.56. The molecule has 1 aromatic heterocycles. The number of pyridine rings is 1. The van der Waals surface area contributed by atoms with Crippen LogP contribution in [0.4, 0.5) is 0 Å². The smallest absolute Gasteiger partial charge is 0.254 e. The number of benzene rings is 2. The van der Waals surface area contributed by atoms with Gasteiger partial charge in [0.2, 0.25) is 0 Å². The maximum Gasteiger partial charge on any atom is 0.254 e. The van der Waals surface area contributed by atoms with Crippen molar-refractivity contribution in [3.63, 3.8) is 0 Å². The van der Waals surface area contributed by atoms with Crippen molar-refractivity contribution in [3.05, 3.63) is 81.1 Å². The Bertz CT molecular complexity index is 1160. The molecule has 3 aromatic rings. The van der Waals surface area contributed by atoms with Gasteiger partial charge in [-0.2, -0.15) is 0 Å². The van der Waals surface area contributed by atoms with Crippen molar-refractivity contribution >= 4 is 16.8 Å². The number of hydrogen-bond acceptors (Lipinski definition) is 2. The summed E-state index contributed by atoms with van der Waals surface area (Å²) in [7, 11) is 0. The van der Waals surface area contributed by atoms with Gasteiger partial charge in [-0.15, -0.1) is 0 Å². The summed E-state index contributed by atoms with van der Waals surface area (Å²) < 4.78 is 0. The number of rotatable bonds is 5. The molecule has 32 heavy (non-hydrogen) atoms. The number of hydrogen-bond donors (Lipinski definition) is 1. The molecule has 1 heterocycles. The maximum atomic E-state index is 13.6. The van der Waals surface area contributed by atoms with Gasteiger partial charge in [0, 0.05) is 22.7 Å². The lowest BCUT2D eigenvalue weighted by molar-refractivity contribution is 0.0663. The maximum absolute atomic E-state index is 13.6. The quantitative estimate of drug-likeness (QED) is 0.542. The van der Waals surface area contributed by atoms with E-state index in [0.29, 0.717) is 17.7 Å². The number of nitrogens with one attached hydrogen (secondary N) is 1. The van der Waals surface area contributed by atoms with E-state index in [1.807, 2.05) is 35.2 Å². The molecule has 4 nitrogen and oxygen atoms in total. The standard InChI is InChI=1S/C28H34N2O2/c1-5-19-10-15-25-21(16-19)17-22(26(31)29-25)18-30(24-8-6-7-9-24)27(32)20-11-13-23(14-12-20)28(2,3)4/h10-17,24H,5-9,18H2,1-4H3,(H,29,31). The van der Waals surface area contributed by atoms with Gasteiger partial charge >= 0.3 is 0 Å². The molecule has 1 aliphatic carbocycles. The molecule has 1 amide bonds. The number of carbonyl (C=O) groups excluding carboxylic acids is 1. The number of aryl methyl sites for hydroxylation is 1. The van der Waals surface area contributed by atoms with Crippen LogP contribution in [0.2, 0.25) is 0 Å². The summed E-state index contributed by atoms with van der Waals surface area (Å²) in [6, 6.07) is 16.3. The van der Waals surface area contributed by atoms with Crippen molar-refractivity contribution in [2.24, 2.45) is 0 Å². The number of fused-ring (bicyclic) bond motifs is 1. The summed E-state index contributed by atoms with van der Waals surface area (Å²) in [5.74, 6) is 0.0131. The van der Waals surface area contributed by atoms with Crippen LogP contribution in [0.5, 0.6) is 0 Å². The topological polar surface area (TPSA) is 53.2 Å². The van der Waals surface area contributed by atoms with E-state index in [1.54, 1.807) is 0 Å². The average Bonchev–Trinajstić information content (AvgIpc) is 3.31. The van der Waals surface area contributed by atoms with Gasteiger partial charge < -0.3 is 9.88 Å². The molecule has 4 heteroatoms. The van der Waals surface area contributed by atoms with Crippen LogP contribution in [0, 0.1) is 0 Å². The largest absolute Gasteiger partial charge is 0.331 e. The van der Waals surface area contributed by atoms with Gasteiger partial charge in [0.05, 0.1) is 6.54 Å². The minimum Gasteiger partial charge on any atom is -0.331 e. The first-order valence-corrected chi connectivity index (χ1v) is 11.8. The van der Waals surface area contributed by atoms with E-state index < -0.39 is 0 Å². The highest BCUT2D eigenvalue weighted by atomic mass is 16.2. The molecule has 0 spiro atoms. The number of aromatic nitrogens is 1. The Morgan fingerprint density at radius 1 is 1.03 bits per heavy atom. The fraction of sp³-hybridized carbons (Fsp3) is 0.429. The predicted molar refractivity (Wildman–Crippen MR) is 131 cm³/mol. The summed E-state index contributed by atoms with van der Waals surface area (Å²) in [6.45, 7) is 8.98. The molecule has 1 fully saturated rings. The fourth-order valence-electron chi connectivity index (χ4n) is 4.68. The lowest BCUT2D eigenvalue weighted by atomic mass is 9.86. The molecule has 168 valence electrons. The second-order valence-electron chi connectivity index (χ2n) is 10.1. The first-order valence-electron chi connectivity index (χ1n) is 11.8. The highest BCUT2D eigenvalue weighted by molar-refractivity contribution is 5.94. The van der Waals surface area contributed by atoms with E-state index in [4.69, 9.17) is 0 Å². The van der Waals surface area contributed by atoms with E-state index in [9.17, 15) is 9.59 Å². The first kappa shape index (κ1) is 22.3. The zero-order chi connectivity index (χ0) is 22.9. The number of nitrogens with zero attached hydrogens (tertiary/aromatic N) is 1. The second kappa shape index (κ2) is 8.93. The summed E-state index contributed by atoms with van der Waals surface area (Å²) >= 11 is 0. The lowest BCUT2D eigenvalue weighted by Crippen LogP contribution is -2.39. The van der Waals surface area contributed by atoms with Crippen molar-refractivity contribution < 1.29 is 4.79 Å². The summed E-state index contributed by atoms with van der Waals surface area (Å²) in [6.07, 6.45) is 5.20. The van der Waals surface area contributed by atoms with Gasteiger partial charge in [0.1, 0.15) is 0 Å². The van der Waals surface area contributed by atoms with Crippen LogP contribution < -0.4 is 5.56 Å². The highest BCUT2D eigenvalue weighted by Crippen LogP contribution is 2.28. The zero-order valence-corrected chi connectivity index (χ0v) is 19.7. The van der Waals surface area contributed by atoms with E-state index >= 15 is 0 Å². The normalized spacial score (nSPS) is 14.8. The van der Waals surface area contributed by atoms with E-state index in [-0.39, 0.29) is 22.9 Å². The third-order valence-corrected chi connectivity index (χ3v) is 6.76. The van der Waals surface area contributed by atoms with Crippen LogP contribution in [0.3, 0.4) is 0 Å². The molecular formula is C28H34N2O2. The Balaban J connectivity index is 1.67. The fourth-order valence-corrected chi connectivity index (χ4v) is 4.68. The number of aromatic amines is 1. The highest BCUT2D eigenvalue weighted by Gasteiger charge is 2.28. The van der Waals surface area contributed by atoms with Crippen LogP contribution >= 0.6 is 0 Å². The second-order valence-corrected chi connectivity index (χ2v) is 10.1. The summed E-state index contributed by atoms with van der Waals surface area (Å²) in [4.78, 5) is 31.4. The molecule has 1 aliphatic rings. The molecule has 0 radical (unpaired) electrons. The van der Waals surface area contributed by atoms with E-state index in [2.05, 4.69) is 50.9 Å². The summed E-state index contributed by atoms with van der Waals surface area (Å²) in [5, 5.41) is 1.02. The third-order valence-electron chi connectivity index (χ3n) is 6.76. The Kier molecular flexibility index (Phi) is 6.23. The van der Waals surface area contributed by atoms with Gasteiger partial charge in [-0.05, 0) is 71.5 Å². The Morgan fingerprint density at radius 2 is 1.72 bits per heavy atom.